The second-order valence-corrected chi connectivity index (χ2v) is 5.24. The van der Waals surface area contributed by atoms with Gasteiger partial charge in [-0.1, -0.05) is 13.0 Å². The molecule has 0 saturated heterocycles. The Bertz CT molecular complexity index is 522. The topological polar surface area (TPSA) is 23.8 Å². The largest absolute Gasteiger partial charge is 0.192 e. The Labute approximate surface area is 101 Å². The SMILES string of the molecule is CCc1cc2ccc(C#N)c(I)c2s1. The second kappa shape index (κ2) is 3.87. The van der Waals surface area contributed by atoms with Crippen LogP contribution in [0.5, 0.6) is 0 Å². The number of nitrogens with zero attached hydrogens (tertiary/aromatic N) is 1. The summed E-state index contributed by atoms with van der Waals surface area (Å²) < 4.78 is 2.34. The number of fused-ring (bicyclic) bond motifs is 1. The zero-order valence-corrected chi connectivity index (χ0v) is 10.6. The van der Waals surface area contributed by atoms with E-state index in [2.05, 4.69) is 41.7 Å². The van der Waals surface area contributed by atoms with E-state index in [0.29, 0.717) is 0 Å². The van der Waals surface area contributed by atoms with Crippen LogP contribution in [0, 0.1) is 14.9 Å². The van der Waals surface area contributed by atoms with Crippen molar-refractivity contribution in [1.29, 1.82) is 5.26 Å². The lowest BCUT2D eigenvalue weighted by Gasteiger charge is -1.95. The zero-order valence-electron chi connectivity index (χ0n) is 7.67. The van der Waals surface area contributed by atoms with E-state index < -0.39 is 0 Å². The van der Waals surface area contributed by atoms with Crippen molar-refractivity contribution in [3.05, 3.63) is 32.2 Å². The number of hydrogen-bond acceptors (Lipinski definition) is 2. The van der Waals surface area contributed by atoms with Gasteiger partial charge in [0.15, 0.2) is 0 Å². The third kappa shape index (κ3) is 1.53. The molecule has 1 heterocycles. The molecule has 0 unspecified atom stereocenters. The Morgan fingerprint density at radius 3 is 2.93 bits per heavy atom. The van der Waals surface area contributed by atoms with Gasteiger partial charge in [0.2, 0.25) is 0 Å². The van der Waals surface area contributed by atoms with Crippen molar-refractivity contribution < 1.29 is 0 Å². The molecule has 0 bridgehead atoms. The van der Waals surface area contributed by atoms with E-state index in [1.165, 1.54) is 15.0 Å². The molecule has 0 radical (unpaired) electrons. The van der Waals surface area contributed by atoms with Crippen LogP contribution in [0.1, 0.15) is 17.4 Å². The second-order valence-electron chi connectivity index (χ2n) is 3.02. The molecular formula is C11H8INS. The van der Waals surface area contributed by atoms with E-state index in [0.717, 1.165) is 15.6 Å². The maximum absolute atomic E-state index is 8.89. The third-order valence-electron chi connectivity index (χ3n) is 2.15. The van der Waals surface area contributed by atoms with Gasteiger partial charge in [0, 0.05) is 13.1 Å². The summed E-state index contributed by atoms with van der Waals surface area (Å²) in [6.45, 7) is 2.16. The van der Waals surface area contributed by atoms with Crippen LogP contribution in [-0.4, -0.2) is 0 Å². The van der Waals surface area contributed by atoms with E-state index in [1.807, 2.05) is 12.1 Å². The van der Waals surface area contributed by atoms with E-state index in [1.54, 1.807) is 11.3 Å². The molecule has 2 aromatic rings. The first kappa shape index (κ1) is 9.94. The number of hydrogen-bond donors (Lipinski definition) is 0. The molecule has 3 heteroatoms. The van der Waals surface area contributed by atoms with Gasteiger partial charge in [-0.25, -0.2) is 0 Å². The van der Waals surface area contributed by atoms with Crippen LogP contribution >= 0.6 is 33.9 Å². The molecule has 1 aromatic carbocycles. The molecule has 0 fully saturated rings. The average Bonchev–Trinajstić information content (AvgIpc) is 2.62. The molecule has 0 aliphatic heterocycles. The van der Waals surface area contributed by atoms with Crippen molar-refractivity contribution in [2.24, 2.45) is 0 Å². The monoisotopic (exact) mass is 313 g/mol. The minimum absolute atomic E-state index is 0.780. The lowest BCUT2D eigenvalue weighted by Crippen LogP contribution is -1.79. The number of aryl methyl sites for hydroxylation is 1. The molecule has 1 aromatic heterocycles. The molecule has 2 rings (SSSR count). The molecule has 0 saturated carbocycles. The van der Waals surface area contributed by atoms with E-state index in [9.17, 15) is 0 Å². The Hall–Kier alpha value is -0.600. The van der Waals surface area contributed by atoms with Crippen molar-refractivity contribution in [3.8, 4) is 6.07 Å². The molecule has 70 valence electrons. The summed E-state index contributed by atoms with van der Waals surface area (Å²) in [5.41, 5.74) is 0.780. The first-order valence-electron chi connectivity index (χ1n) is 4.37. The van der Waals surface area contributed by atoms with Gasteiger partial charge in [0.05, 0.1) is 5.56 Å². The number of rotatable bonds is 1. The van der Waals surface area contributed by atoms with Crippen LogP contribution in [-0.2, 0) is 6.42 Å². The number of nitriles is 1. The lowest BCUT2D eigenvalue weighted by molar-refractivity contribution is 1.19. The predicted octanol–water partition coefficient (Wildman–Crippen LogP) is 3.94. The lowest BCUT2D eigenvalue weighted by atomic mass is 10.2. The van der Waals surface area contributed by atoms with Gasteiger partial charge >= 0.3 is 0 Å². The highest BCUT2D eigenvalue weighted by molar-refractivity contribution is 14.1. The van der Waals surface area contributed by atoms with Gasteiger partial charge < -0.3 is 0 Å². The number of thiophene rings is 1. The van der Waals surface area contributed by atoms with Crippen LogP contribution in [0.3, 0.4) is 0 Å². The molecule has 0 amide bonds. The van der Waals surface area contributed by atoms with Crippen molar-refractivity contribution >= 4 is 44.0 Å². The fraction of sp³-hybridized carbons (Fsp3) is 0.182. The highest BCUT2D eigenvalue weighted by Gasteiger charge is 2.07. The van der Waals surface area contributed by atoms with E-state index >= 15 is 0 Å². The van der Waals surface area contributed by atoms with Gasteiger partial charge in [-0.15, -0.1) is 11.3 Å². The average molecular weight is 313 g/mol. The minimum Gasteiger partial charge on any atom is -0.192 e. The predicted molar refractivity (Wildman–Crippen MR) is 68.6 cm³/mol. The van der Waals surface area contributed by atoms with Crippen LogP contribution in [0.25, 0.3) is 10.1 Å². The Morgan fingerprint density at radius 2 is 2.29 bits per heavy atom. The maximum atomic E-state index is 8.89. The van der Waals surface area contributed by atoms with Crippen LogP contribution in [0.4, 0.5) is 0 Å². The molecule has 14 heavy (non-hydrogen) atoms. The third-order valence-corrected chi connectivity index (χ3v) is 4.95. The molecule has 0 aliphatic carbocycles. The highest BCUT2D eigenvalue weighted by atomic mass is 127. The molecule has 0 spiro atoms. The number of benzene rings is 1. The summed E-state index contributed by atoms with van der Waals surface area (Å²) in [5, 5.41) is 10.2. The zero-order chi connectivity index (χ0) is 10.1. The molecule has 0 aliphatic rings. The van der Waals surface area contributed by atoms with Crippen molar-refractivity contribution in [2.45, 2.75) is 13.3 Å². The summed E-state index contributed by atoms with van der Waals surface area (Å²) in [4.78, 5) is 1.38. The van der Waals surface area contributed by atoms with Crippen LogP contribution in [0.15, 0.2) is 18.2 Å². The summed E-state index contributed by atoms with van der Waals surface area (Å²) in [6.07, 6.45) is 1.07. The summed E-state index contributed by atoms with van der Waals surface area (Å²) in [5.74, 6) is 0. The molecule has 0 atom stereocenters. The van der Waals surface area contributed by atoms with Gasteiger partial charge in [0.25, 0.3) is 0 Å². The first-order chi connectivity index (χ1) is 6.76. The Morgan fingerprint density at radius 1 is 1.50 bits per heavy atom. The quantitative estimate of drug-likeness (QED) is 0.732. The maximum Gasteiger partial charge on any atom is 0.100 e. The Kier molecular flexibility index (Phi) is 2.75. The van der Waals surface area contributed by atoms with Crippen LogP contribution < -0.4 is 0 Å². The first-order valence-corrected chi connectivity index (χ1v) is 6.26. The fourth-order valence-electron chi connectivity index (χ4n) is 1.38. The molecule has 1 nitrogen and oxygen atoms in total. The normalized spacial score (nSPS) is 10.4. The van der Waals surface area contributed by atoms with E-state index in [-0.39, 0.29) is 0 Å². The van der Waals surface area contributed by atoms with Gasteiger partial charge in [-0.05, 0) is 46.5 Å². The standard InChI is InChI=1S/C11H8INS/c1-2-9-5-7-3-4-8(6-13)10(12)11(7)14-9/h3-5H,2H2,1H3. The summed E-state index contributed by atoms with van der Waals surface area (Å²) in [6, 6.07) is 8.36. The fourth-order valence-corrected chi connectivity index (χ4v) is 3.36. The smallest absolute Gasteiger partial charge is 0.100 e. The van der Waals surface area contributed by atoms with Crippen molar-refractivity contribution in [1.82, 2.24) is 0 Å². The van der Waals surface area contributed by atoms with Gasteiger partial charge in [-0.3, -0.25) is 0 Å². The summed E-state index contributed by atoms with van der Waals surface area (Å²) >= 11 is 4.05. The highest BCUT2D eigenvalue weighted by Crippen LogP contribution is 2.31. The number of halogens is 1. The van der Waals surface area contributed by atoms with Crippen LogP contribution in [0.2, 0.25) is 0 Å². The molecule has 0 N–H and O–H groups in total. The molecular weight excluding hydrogens is 305 g/mol. The van der Waals surface area contributed by atoms with Crippen molar-refractivity contribution in [3.63, 3.8) is 0 Å². The Balaban J connectivity index is 2.76. The van der Waals surface area contributed by atoms with E-state index in [4.69, 9.17) is 5.26 Å². The summed E-state index contributed by atoms with van der Waals surface area (Å²) in [7, 11) is 0. The minimum atomic E-state index is 0.780. The van der Waals surface area contributed by atoms with Crippen molar-refractivity contribution in [2.75, 3.05) is 0 Å². The van der Waals surface area contributed by atoms with Gasteiger partial charge in [-0.2, -0.15) is 5.26 Å². The van der Waals surface area contributed by atoms with Gasteiger partial charge in [0.1, 0.15) is 6.07 Å².